The molecule has 0 bridgehead atoms. The monoisotopic (exact) mass is 296 g/mol. The molecule has 3 nitrogen and oxygen atoms in total. The molecule has 1 saturated carbocycles. The standard InChI is InChI=1S/C18H36N2O/c1-6-19-18-8-7-16(13(2)3)9-17(18)12-20-10-14(4)21-15(5)11-20/h13-19H,6-12H2,1-5H3/t14-,15+,16?,17?,18?. The lowest BCUT2D eigenvalue weighted by atomic mass is 9.73. The van der Waals surface area contributed by atoms with Crippen LogP contribution in [0.4, 0.5) is 0 Å². The molecule has 2 rings (SSSR count). The SMILES string of the molecule is CCNC1CCC(C(C)C)CC1CN1C[C@@H](C)O[C@@H](C)C1. The molecule has 0 radical (unpaired) electrons. The normalized spacial score (nSPS) is 38.9. The van der Waals surface area contributed by atoms with Crippen molar-refractivity contribution in [3.05, 3.63) is 0 Å². The Hall–Kier alpha value is -0.120. The molecule has 3 unspecified atom stereocenters. The molecule has 124 valence electrons. The molecule has 1 aliphatic carbocycles. The third-order valence-corrected chi connectivity index (χ3v) is 5.42. The van der Waals surface area contributed by atoms with E-state index in [-0.39, 0.29) is 0 Å². The molecule has 0 aromatic carbocycles. The lowest BCUT2D eigenvalue weighted by Gasteiger charge is -2.43. The fourth-order valence-electron chi connectivity index (χ4n) is 4.40. The Bertz CT molecular complexity index is 298. The molecular formula is C18H36N2O. The molecule has 0 aromatic rings. The highest BCUT2D eigenvalue weighted by Crippen LogP contribution is 2.34. The highest BCUT2D eigenvalue weighted by atomic mass is 16.5. The van der Waals surface area contributed by atoms with Crippen molar-refractivity contribution in [3.63, 3.8) is 0 Å². The molecule has 3 heteroatoms. The summed E-state index contributed by atoms with van der Waals surface area (Å²) in [6.07, 6.45) is 4.93. The number of hydrogen-bond acceptors (Lipinski definition) is 3. The second-order valence-electron chi connectivity index (χ2n) is 7.72. The first-order chi connectivity index (χ1) is 9.99. The largest absolute Gasteiger partial charge is 0.373 e. The van der Waals surface area contributed by atoms with E-state index in [1.165, 1.54) is 25.8 Å². The van der Waals surface area contributed by atoms with Crippen molar-refractivity contribution in [3.8, 4) is 0 Å². The van der Waals surface area contributed by atoms with Gasteiger partial charge < -0.3 is 10.1 Å². The average Bonchev–Trinajstić information content (AvgIpc) is 2.39. The van der Waals surface area contributed by atoms with Crippen molar-refractivity contribution < 1.29 is 4.74 Å². The minimum absolute atomic E-state index is 0.385. The van der Waals surface area contributed by atoms with Gasteiger partial charge in [0.25, 0.3) is 0 Å². The van der Waals surface area contributed by atoms with E-state index in [4.69, 9.17) is 4.74 Å². The number of morpholine rings is 1. The summed E-state index contributed by atoms with van der Waals surface area (Å²) in [6.45, 7) is 16.0. The smallest absolute Gasteiger partial charge is 0.0678 e. The fourth-order valence-corrected chi connectivity index (χ4v) is 4.40. The van der Waals surface area contributed by atoms with Crippen LogP contribution in [0.1, 0.15) is 53.9 Å². The second kappa shape index (κ2) is 7.94. The van der Waals surface area contributed by atoms with Crippen molar-refractivity contribution in [2.24, 2.45) is 17.8 Å². The van der Waals surface area contributed by atoms with Gasteiger partial charge in [-0.05, 0) is 57.4 Å². The molecule has 1 aliphatic heterocycles. The van der Waals surface area contributed by atoms with Crippen molar-refractivity contribution in [2.75, 3.05) is 26.2 Å². The highest BCUT2D eigenvalue weighted by Gasteiger charge is 2.33. The van der Waals surface area contributed by atoms with Crippen LogP contribution in [0, 0.1) is 17.8 Å². The maximum Gasteiger partial charge on any atom is 0.0678 e. The zero-order valence-corrected chi connectivity index (χ0v) is 14.8. The van der Waals surface area contributed by atoms with E-state index in [9.17, 15) is 0 Å². The Balaban J connectivity index is 1.95. The molecule has 21 heavy (non-hydrogen) atoms. The van der Waals surface area contributed by atoms with Crippen LogP contribution in [0.3, 0.4) is 0 Å². The van der Waals surface area contributed by atoms with E-state index in [1.807, 2.05) is 0 Å². The van der Waals surface area contributed by atoms with E-state index in [0.29, 0.717) is 12.2 Å². The molecule has 5 atom stereocenters. The number of ether oxygens (including phenoxy) is 1. The van der Waals surface area contributed by atoms with Crippen molar-refractivity contribution in [1.82, 2.24) is 10.2 Å². The third-order valence-electron chi connectivity index (χ3n) is 5.42. The summed E-state index contributed by atoms with van der Waals surface area (Å²) in [4.78, 5) is 2.65. The summed E-state index contributed by atoms with van der Waals surface area (Å²) < 4.78 is 5.88. The van der Waals surface area contributed by atoms with E-state index in [0.717, 1.165) is 43.4 Å². The zero-order valence-electron chi connectivity index (χ0n) is 14.8. The quantitative estimate of drug-likeness (QED) is 0.843. The van der Waals surface area contributed by atoms with E-state index < -0.39 is 0 Å². The van der Waals surface area contributed by atoms with Crippen molar-refractivity contribution in [2.45, 2.75) is 72.1 Å². The van der Waals surface area contributed by atoms with Gasteiger partial charge in [-0.25, -0.2) is 0 Å². The predicted molar refractivity (Wildman–Crippen MR) is 89.6 cm³/mol. The van der Waals surface area contributed by atoms with Gasteiger partial charge in [-0.3, -0.25) is 4.90 Å². The van der Waals surface area contributed by atoms with Crippen LogP contribution in [-0.2, 0) is 4.74 Å². The lowest BCUT2D eigenvalue weighted by Crippen LogP contribution is -2.51. The van der Waals surface area contributed by atoms with Crippen LogP contribution in [0.5, 0.6) is 0 Å². The molecule has 0 aromatic heterocycles. The molecule has 1 saturated heterocycles. The Morgan fingerprint density at radius 2 is 1.81 bits per heavy atom. The van der Waals surface area contributed by atoms with E-state index in [1.54, 1.807) is 0 Å². The Kier molecular flexibility index (Phi) is 6.51. The lowest BCUT2D eigenvalue weighted by molar-refractivity contribution is -0.0747. The van der Waals surface area contributed by atoms with Gasteiger partial charge in [0.2, 0.25) is 0 Å². The van der Waals surface area contributed by atoms with Gasteiger partial charge in [0.1, 0.15) is 0 Å². The van der Waals surface area contributed by atoms with Crippen LogP contribution in [0.25, 0.3) is 0 Å². The molecular weight excluding hydrogens is 260 g/mol. The van der Waals surface area contributed by atoms with E-state index >= 15 is 0 Å². The summed E-state index contributed by atoms with van der Waals surface area (Å²) in [5.74, 6) is 2.56. The number of nitrogens with one attached hydrogen (secondary N) is 1. The summed E-state index contributed by atoms with van der Waals surface area (Å²) >= 11 is 0. The van der Waals surface area contributed by atoms with Gasteiger partial charge >= 0.3 is 0 Å². The van der Waals surface area contributed by atoms with Crippen LogP contribution in [0.2, 0.25) is 0 Å². The third kappa shape index (κ3) is 4.94. The van der Waals surface area contributed by atoms with Crippen molar-refractivity contribution in [1.29, 1.82) is 0 Å². The fraction of sp³-hybridized carbons (Fsp3) is 1.00. The molecule has 0 amide bonds. The summed E-state index contributed by atoms with van der Waals surface area (Å²) in [5.41, 5.74) is 0. The summed E-state index contributed by atoms with van der Waals surface area (Å²) in [7, 11) is 0. The predicted octanol–water partition coefficient (Wildman–Crippen LogP) is 3.15. The van der Waals surface area contributed by atoms with Gasteiger partial charge in [0.05, 0.1) is 12.2 Å². The van der Waals surface area contributed by atoms with Crippen LogP contribution in [0.15, 0.2) is 0 Å². The van der Waals surface area contributed by atoms with Gasteiger partial charge in [-0.1, -0.05) is 20.8 Å². The second-order valence-corrected chi connectivity index (χ2v) is 7.72. The number of hydrogen-bond donors (Lipinski definition) is 1. The van der Waals surface area contributed by atoms with Crippen LogP contribution >= 0.6 is 0 Å². The number of rotatable bonds is 5. The first kappa shape index (κ1) is 17.2. The Morgan fingerprint density at radius 3 is 2.38 bits per heavy atom. The Labute approximate surface area is 131 Å². The average molecular weight is 296 g/mol. The molecule has 1 N–H and O–H groups in total. The first-order valence-electron chi connectivity index (χ1n) is 9.10. The summed E-state index contributed by atoms with van der Waals surface area (Å²) in [5, 5.41) is 3.75. The van der Waals surface area contributed by atoms with Crippen LogP contribution in [-0.4, -0.2) is 49.3 Å². The first-order valence-corrected chi connectivity index (χ1v) is 9.10. The topological polar surface area (TPSA) is 24.5 Å². The number of nitrogens with zero attached hydrogens (tertiary/aromatic N) is 1. The van der Waals surface area contributed by atoms with E-state index in [2.05, 4.69) is 44.8 Å². The highest BCUT2D eigenvalue weighted by molar-refractivity contribution is 4.88. The van der Waals surface area contributed by atoms with Gasteiger partial charge in [0.15, 0.2) is 0 Å². The van der Waals surface area contributed by atoms with Gasteiger partial charge in [0, 0.05) is 25.7 Å². The minimum atomic E-state index is 0.385. The molecule has 2 fully saturated rings. The maximum atomic E-state index is 5.88. The van der Waals surface area contributed by atoms with Gasteiger partial charge in [-0.2, -0.15) is 0 Å². The molecule has 0 spiro atoms. The minimum Gasteiger partial charge on any atom is -0.373 e. The molecule has 2 aliphatic rings. The Morgan fingerprint density at radius 1 is 1.14 bits per heavy atom. The zero-order chi connectivity index (χ0) is 15.4. The van der Waals surface area contributed by atoms with Crippen molar-refractivity contribution >= 4 is 0 Å². The molecule has 1 heterocycles. The van der Waals surface area contributed by atoms with Crippen LogP contribution < -0.4 is 5.32 Å². The summed E-state index contributed by atoms with van der Waals surface area (Å²) in [6, 6.07) is 0.721. The van der Waals surface area contributed by atoms with Gasteiger partial charge in [-0.15, -0.1) is 0 Å². The maximum absolute atomic E-state index is 5.88.